The summed E-state index contributed by atoms with van der Waals surface area (Å²) in [5, 5.41) is 6.42. The van der Waals surface area contributed by atoms with E-state index in [-0.39, 0.29) is 23.1 Å². The van der Waals surface area contributed by atoms with Crippen molar-refractivity contribution < 1.29 is 14.4 Å². The molecule has 38 heavy (non-hydrogen) atoms. The van der Waals surface area contributed by atoms with Crippen LogP contribution in [-0.2, 0) is 20.9 Å². The van der Waals surface area contributed by atoms with E-state index in [1.807, 2.05) is 92.1 Å². The molecule has 4 aromatic rings. The lowest BCUT2D eigenvalue weighted by Crippen LogP contribution is -2.54. The minimum Gasteiger partial charge on any atom is -0.337 e. The quantitative estimate of drug-likeness (QED) is 0.219. The highest BCUT2D eigenvalue weighted by atomic mass is 32.1. The molecule has 2 heterocycles. The summed E-state index contributed by atoms with van der Waals surface area (Å²) < 4.78 is 1.81. The van der Waals surface area contributed by atoms with Gasteiger partial charge in [0.25, 0.3) is 11.8 Å². The highest BCUT2D eigenvalue weighted by Gasteiger charge is 2.35. The van der Waals surface area contributed by atoms with Gasteiger partial charge in [-0.15, -0.1) is 0 Å². The summed E-state index contributed by atoms with van der Waals surface area (Å²) in [5.41, 5.74) is 5.70. The maximum atomic E-state index is 13.6. The van der Waals surface area contributed by atoms with Crippen molar-refractivity contribution in [1.82, 2.24) is 9.88 Å². The van der Waals surface area contributed by atoms with Gasteiger partial charge in [0.2, 0.25) is 5.91 Å². The van der Waals surface area contributed by atoms with E-state index in [1.54, 1.807) is 12.3 Å². The number of anilines is 2. The average molecular weight is 523 g/mol. The third-order valence-electron chi connectivity index (χ3n) is 6.48. The molecule has 5 rings (SSSR count). The molecule has 0 saturated carbocycles. The van der Waals surface area contributed by atoms with Crippen LogP contribution in [0.1, 0.15) is 22.3 Å². The number of thiocarbonyl (C=S) groups is 1. The zero-order chi connectivity index (χ0) is 27.0. The zero-order valence-electron chi connectivity index (χ0n) is 21.2. The van der Waals surface area contributed by atoms with Crippen molar-refractivity contribution in [3.05, 3.63) is 101 Å². The van der Waals surface area contributed by atoms with Crippen molar-refractivity contribution in [1.29, 1.82) is 0 Å². The van der Waals surface area contributed by atoms with Crippen LogP contribution >= 0.6 is 12.2 Å². The molecule has 1 aromatic heterocycles. The zero-order valence-corrected chi connectivity index (χ0v) is 22.1. The van der Waals surface area contributed by atoms with E-state index in [2.05, 4.69) is 10.6 Å². The summed E-state index contributed by atoms with van der Waals surface area (Å²) in [6.07, 6.45) is 3.34. The van der Waals surface area contributed by atoms with Crippen LogP contribution in [0.5, 0.6) is 0 Å². The van der Waals surface area contributed by atoms with Crippen molar-refractivity contribution in [2.24, 2.45) is 0 Å². The molecule has 0 unspecified atom stereocenters. The number of carbonyl (C=O) groups is 3. The van der Waals surface area contributed by atoms with Gasteiger partial charge in [0, 0.05) is 28.4 Å². The van der Waals surface area contributed by atoms with Crippen LogP contribution in [-0.4, -0.2) is 27.4 Å². The molecule has 0 spiro atoms. The number of nitrogens with one attached hydrogen (secondary N) is 2. The summed E-state index contributed by atoms with van der Waals surface area (Å²) in [6, 6.07) is 20.9. The van der Waals surface area contributed by atoms with Crippen LogP contribution < -0.4 is 15.5 Å². The Labute approximate surface area is 225 Å². The topological polar surface area (TPSA) is 83.4 Å². The second-order valence-corrected chi connectivity index (χ2v) is 9.78. The Morgan fingerprint density at radius 3 is 2.45 bits per heavy atom. The summed E-state index contributed by atoms with van der Waals surface area (Å²) in [6.45, 7) is 5.87. The fourth-order valence-corrected chi connectivity index (χ4v) is 4.78. The number of aromatic nitrogens is 1. The SMILES string of the molecule is Cc1ccc(NC(=O)Cn2cc(/C=C3\C(=O)NC(=S)N(c4cc(C)ccc4C)C3=O)c3ccccc32)cc1. The van der Waals surface area contributed by atoms with E-state index in [0.717, 1.165) is 27.6 Å². The molecule has 190 valence electrons. The first kappa shape index (κ1) is 25.1. The number of hydrogen-bond acceptors (Lipinski definition) is 4. The second kappa shape index (κ2) is 10.1. The number of aryl methyl sites for hydroxylation is 3. The summed E-state index contributed by atoms with van der Waals surface area (Å²) in [5.74, 6) is -1.25. The van der Waals surface area contributed by atoms with Gasteiger partial charge < -0.3 is 9.88 Å². The second-order valence-electron chi connectivity index (χ2n) is 9.39. The smallest absolute Gasteiger partial charge is 0.270 e. The van der Waals surface area contributed by atoms with Gasteiger partial charge in [-0.05, 0) is 74.5 Å². The first-order valence-electron chi connectivity index (χ1n) is 12.1. The van der Waals surface area contributed by atoms with Gasteiger partial charge in [-0.3, -0.25) is 24.6 Å². The molecule has 8 heteroatoms. The number of hydrogen-bond donors (Lipinski definition) is 2. The van der Waals surface area contributed by atoms with Gasteiger partial charge in [0.05, 0.1) is 5.69 Å². The van der Waals surface area contributed by atoms with Crippen LogP contribution in [0.15, 0.2) is 78.5 Å². The van der Waals surface area contributed by atoms with E-state index in [0.29, 0.717) is 16.9 Å². The van der Waals surface area contributed by atoms with Crippen molar-refractivity contribution in [2.45, 2.75) is 27.3 Å². The molecule has 1 aliphatic heterocycles. The highest BCUT2D eigenvalue weighted by molar-refractivity contribution is 7.80. The third kappa shape index (κ3) is 4.86. The predicted octanol–water partition coefficient (Wildman–Crippen LogP) is 5.04. The number of amides is 3. The maximum absolute atomic E-state index is 13.6. The van der Waals surface area contributed by atoms with Crippen molar-refractivity contribution in [2.75, 3.05) is 10.2 Å². The van der Waals surface area contributed by atoms with Gasteiger partial charge in [-0.2, -0.15) is 0 Å². The Morgan fingerprint density at radius 1 is 0.974 bits per heavy atom. The highest BCUT2D eigenvalue weighted by Crippen LogP contribution is 2.29. The average Bonchev–Trinajstić information content (AvgIpc) is 3.22. The van der Waals surface area contributed by atoms with Gasteiger partial charge in [0.1, 0.15) is 12.1 Å². The van der Waals surface area contributed by atoms with Crippen LogP contribution in [0, 0.1) is 20.8 Å². The van der Waals surface area contributed by atoms with Crippen LogP contribution in [0.25, 0.3) is 17.0 Å². The molecule has 3 amide bonds. The molecule has 1 aliphatic rings. The van der Waals surface area contributed by atoms with E-state index >= 15 is 0 Å². The molecule has 0 radical (unpaired) electrons. The van der Waals surface area contributed by atoms with Crippen LogP contribution in [0.4, 0.5) is 11.4 Å². The normalized spacial score (nSPS) is 14.8. The predicted molar refractivity (Wildman–Crippen MR) is 154 cm³/mol. The van der Waals surface area contributed by atoms with E-state index in [1.165, 1.54) is 4.90 Å². The number of carbonyl (C=O) groups excluding carboxylic acids is 3. The number of nitrogens with zero attached hydrogens (tertiary/aromatic N) is 2. The minimum absolute atomic E-state index is 0.0356. The van der Waals surface area contributed by atoms with E-state index < -0.39 is 11.8 Å². The molecular weight excluding hydrogens is 496 g/mol. The summed E-state index contributed by atoms with van der Waals surface area (Å²) >= 11 is 5.37. The van der Waals surface area contributed by atoms with Crippen molar-refractivity contribution in [3.63, 3.8) is 0 Å². The Balaban J connectivity index is 1.49. The molecule has 2 N–H and O–H groups in total. The molecule has 7 nitrogen and oxygen atoms in total. The first-order valence-corrected chi connectivity index (χ1v) is 12.5. The van der Waals surface area contributed by atoms with Gasteiger partial charge in [-0.25, -0.2) is 0 Å². The minimum atomic E-state index is -0.560. The van der Waals surface area contributed by atoms with E-state index in [9.17, 15) is 14.4 Å². The number of benzene rings is 3. The fraction of sp³-hybridized carbons (Fsp3) is 0.133. The Kier molecular flexibility index (Phi) is 6.65. The van der Waals surface area contributed by atoms with Crippen molar-refractivity contribution >= 4 is 63.4 Å². The van der Waals surface area contributed by atoms with Crippen molar-refractivity contribution in [3.8, 4) is 0 Å². The first-order chi connectivity index (χ1) is 18.2. The molecule has 0 atom stereocenters. The van der Waals surface area contributed by atoms with Gasteiger partial charge in [-0.1, -0.05) is 48.0 Å². The Morgan fingerprint density at radius 2 is 1.68 bits per heavy atom. The van der Waals surface area contributed by atoms with E-state index in [4.69, 9.17) is 12.2 Å². The lowest BCUT2D eigenvalue weighted by atomic mass is 10.0. The number of fused-ring (bicyclic) bond motifs is 1. The van der Waals surface area contributed by atoms with Gasteiger partial charge >= 0.3 is 0 Å². The third-order valence-corrected chi connectivity index (χ3v) is 6.76. The lowest BCUT2D eigenvalue weighted by molar-refractivity contribution is -0.122. The van der Waals surface area contributed by atoms with Crippen LogP contribution in [0.2, 0.25) is 0 Å². The largest absolute Gasteiger partial charge is 0.337 e. The molecular formula is C30H26N4O3S. The monoisotopic (exact) mass is 522 g/mol. The van der Waals surface area contributed by atoms with Gasteiger partial charge in [0.15, 0.2) is 5.11 Å². The van der Waals surface area contributed by atoms with Crippen LogP contribution in [0.3, 0.4) is 0 Å². The fourth-order valence-electron chi connectivity index (χ4n) is 4.51. The molecule has 1 fully saturated rings. The summed E-state index contributed by atoms with van der Waals surface area (Å²) in [4.78, 5) is 40.7. The number of para-hydroxylation sites is 1. The Bertz CT molecular complexity index is 1650. The standard InChI is InChI=1S/C30H26N4O3S/c1-18-9-12-22(13-10-18)31-27(35)17-33-16-21(23-6-4-5-7-25(23)33)15-24-28(36)32-30(38)34(29(24)37)26-14-19(2)8-11-20(26)3/h4-16H,17H2,1-3H3,(H,31,35)(H,32,36,38)/b24-15+. The maximum Gasteiger partial charge on any atom is 0.270 e. The Hall–Kier alpha value is -4.56. The summed E-state index contributed by atoms with van der Waals surface area (Å²) in [7, 11) is 0. The molecule has 3 aromatic carbocycles. The lowest BCUT2D eigenvalue weighted by Gasteiger charge is -2.30. The molecule has 0 bridgehead atoms. The molecule has 0 aliphatic carbocycles. The number of rotatable bonds is 5. The molecule has 1 saturated heterocycles.